The van der Waals surface area contributed by atoms with E-state index in [2.05, 4.69) is 10.3 Å². The Morgan fingerprint density at radius 2 is 1.88 bits per heavy atom. The van der Waals surface area contributed by atoms with Crippen LogP contribution in [0.4, 0.5) is 0 Å². The van der Waals surface area contributed by atoms with E-state index < -0.39 is 15.4 Å². The molecule has 2 aromatic rings. The molecule has 0 aliphatic carbocycles. The molecule has 1 aromatic heterocycles. The summed E-state index contributed by atoms with van der Waals surface area (Å²) in [7, 11) is -3.33. The van der Waals surface area contributed by atoms with Crippen molar-refractivity contribution in [1.29, 1.82) is 0 Å². The molecule has 1 heterocycles. The predicted octanol–water partition coefficient (Wildman–Crippen LogP) is 2.13. The van der Waals surface area contributed by atoms with E-state index in [0.29, 0.717) is 19.5 Å². The lowest BCUT2D eigenvalue weighted by atomic mass is 9.96. The Labute approximate surface area is 149 Å². The Kier molecular flexibility index (Phi) is 5.90. The highest BCUT2D eigenvalue weighted by Crippen LogP contribution is 2.18. The van der Waals surface area contributed by atoms with Crippen molar-refractivity contribution in [3.8, 4) is 0 Å². The van der Waals surface area contributed by atoms with Crippen LogP contribution in [0.15, 0.2) is 30.5 Å². The van der Waals surface area contributed by atoms with Gasteiger partial charge in [0.05, 0.1) is 6.26 Å². The fourth-order valence-electron chi connectivity index (χ4n) is 2.59. The normalized spacial score (nSPS) is 12.7. The van der Waals surface area contributed by atoms with Crippen LogP contribution in [0.5, 0.6) is 0 Å². The topological polar surface area (TPSA) is 82.3 Å². The highest BCUT2D eigenvalue weighted by atomic mass is 32.2. The van der Waals surface area contributed by atoms with Crippen molar-refractivity contribution in [1.82, 2.24) is 14.6 Å². The van der Waals surface area contributed by atoms with E-state index in [-0.39, 0.29) is 12.5 Å². The number of carbonyl (C=O) groups is 1. The molecule has 2 rings (SSSR count). The van der Waals surface area contributed by atoms with Crippen molar-refractivity contribution in [2.24, 2.45) is 5.41 Å². The molecule has 7 heteroatoms. The van der Waals surface area contributed by atoms with Crippen LogP contribution in [0.1, 0.15) is 26.3 Å². The second kappa shape index (κ2) is 7.58. The van der Waals surface area contributed by atoms with Gasteiger partial charge in [-0.05, 0) is 18.1 Å². The lowest BCUT2D eigenvalue weighted by molar-refractivity contribution is -0.128. The molecule has 0 unspecified atom stereocenters. The van der Waals surface area contributed by atoms with Gasteiger partial charge in [0, 0.05) is 42.1 Å². The summed E-state index contributed by atoms with van der Waals surface area (Å²) in [4.78, 5) is 15.1. The Bertz CT molecular complexity index is 835. The monoisotopic (exact) mass is 365 g/mol. The number of sulfonamides is 1. The van der Waals surface area contributed by atoms with Gasteiger partial charge >= 0.3 is 0 Å². The van der Waals surface area contributed by atoms with Gasteiger partial charge in [0.25, 0.3) is 0 Å². The van der Waals surface area contributed by atoms with Gasteiger partial charge in [-0.25, -0.2) is 12.7 Å². The number of aromatic amines is 1. The fraction of sp³-hybridized carbons (Fsp3) is 0.500. The molecule has 0 radical (unpaired) electrons. The third kappa shape index (κ3) is 5.31. The van der Waals surface area contributed by atoms with E-state index in [9.17, 15) is 13.2 Å². The Hall–Kier alpha value is -1.86. The molecule has 0 aliphatic heterocycles. The van der Waals surface area contributed by atoms with Crippen molar-refractivity contribution < 1.29 is 13.2 Å². The van der Waals surface area contributed by atoms with E-state index in [0.717, 1.165) is 16.5 Å². The first-order chi connectivity index (χ1) is 11.6. The number of aromatic nitrogens is 1. The van der Waals surface area contributed by atoms with Gasteiger partial charge in [-0.2, -0.15) is 0 Å². The molecular weight excluding hydrogens is 338 g/mol. The number of hydrogen-bond donors (Lipinski definition) is 2. The summed E-state index contributed by atoms with van der Waals surface area (Å²) in [6.45, 7) is 6.43. The van der Waals surface area contributed by atoms with Crippen molar-refractivity contribution in [2.45, 2.75) is 27.2 Å². The molecule has 6 nitrogen and oxygen atoms in total. The molecule has 0 atom stereocenters. The van der Waals surface area contributed by atoms with E-state index in [4.69, 9.17) is 0 Å². The zero-order valence-corrected chi connectivity index (χ0v) is 16.1. The molecule has 1 aromatic carbocycles. The summed E-state index contributed by atoms with van der Waals surface area (Å²) >= 11 is 0. The third-order valence-electron chi connectivity index (χ3n) is 4.10. The molecule has 2 N–H and O–H groups in total. The van der Waals surface area contributed by atoms with Crippen LogP contribution >= 0.6 is 0 Å². The Morgan fingerprint density at radius 3 is 2.52 bits per heavy atom. The summed E-state index contributed by atoms with van der Waals surface area (Å²) in [5.41, 5.74) is 1.64. The summed E-state index contributed by atoms with van der Waals surface area (Å²) < 4.78 is 25.5. The molecule has 0 spiro atoms. The van der Waals surface area contributed by atoms with Crippen LogP contribution < -0.4 is 5.32 Å². The number of benzene rings is 1. The minimum atomic E-state index is -3.33. The van der Waals surface area contributed by atoms with E-state index in [1.54, 1.807) is 0 Å². The molecule has 0 saturated heterocycles. The number of nitrogens with zero attached hydrogens (tertiary/aromatic N) is 1. The number of carbonyl (C=O) groups excluding carboxylic acids is 1. The van der Waals surface area contributed by atoms with Gasteiger partial charge in [-0.1, -0.05) is 39.0 Å². The van der Waals surface area contributed by atoms with Crippen molar-refractivity contribution in [3.63, 3.8) is 0 Å². The average molecular weight is 365 g/mol. The number of amides is 1. The zero-order chi connectivity index (χ0) is 18.7. The molecule has 0 aliphatic rings. The maximum Gasteiger partial charge on any atom is 0.225 e. The average Bonchev–Trinajstić information content (AvgIpc) is 2.91. The predicted molar refractivity (Wildman–Crippen MR) is 101 cm³/mol. The van der Waals surface area contributed by atoms with Gasteiger partial charge in [-0.15, -0.1) is 0 Å². The van der Waals surface area contributed by atoms with Gasteiger partial charge in [0.1, 0.15) is 0 Å². The summed E-state index contributed by atoms with van der Waals surface area (Å²) in [5, 5.41) is 3.91. The van der Waals surface area contributed by atoms with Crippen LogP contribution in [-0.4, -0.2) is 49.5 Å². The number of para-hydroxylation sites is 1. The van der Waals surface area contributed by atoms with Gasteiger partial charge in [-0.3, -0.25) is 4.79 Å². The quantitative estimate of drug-likeness (QED) is 0.789. The summed E-state index contributed by atoms with van der Waals surface area (Å²) in [6.07, 6.45) is 3.74. The van der Waals surface area contributed by atoms with Crippen LogP contribution in [0, 0.1) is 5.41 Å². The molecule has 0 bridgehead atoms. The van der Waals surface area contributed by atoms with Gasteiger partial charge in [0.2, 0.25) is 15.9 Å². The van der Waals surface area contributed by atoms with Crippen LogP contribution in [0.2, 0.25) is 0 Å². The van der Waals surface area contributed by atoms with Crippen molar-refractivity contribution in [2.75, 3.05) is 25.9 Å². The molecule has 25 heavy (non-hydrogen) atoms. The standard InChI is InChI=1S/C18H27N3O3S/c1-18(2,3)17(22)19-10-12-21(25(4,23)24)11-9-14-13-20-16-8-6-5-7-15(14)16/h5-8,13,20H,9-12H2,1-4H3,(H,19,22). The second-order valence-corrected chi connectivity index (χ2v) is 9.26. The lowest BCUT2D eigenvalue weighted by Gasteiger charge is -2.22. The largest absolute Gasteiger partial charge is 0.361 e. The fourth-order valence-corrected chi connectivity index (χ4v) is 3.43. The van der Waals surface area contributed by atoms with E-state index in [1.165, 1.54) is 10.6 Å². The second-order valence-electron chi connectivity index (χ2n) is 7.28. The maximum atomic E-state index is 12.0. The van der Waals surface area contributed by atoms with Crippen molar-refractivity contribution in [3.05, 3.63) is 36.0 Å². The van der Waals surface area contributed by atoms with Crippen LogP contribution in [-0.2, 0) is 21.2 Å². The zero-order valence-electron chi connectivity index (χ0n) is 15.3. The Balaban J connectivity index is 1.98. The van der Waals surface area contributed by atoms with Crippen LogP contribution in [0.25, 0.3) is 10.9 Å². The Morgan fingerprint density at radius 1 is 1.20 bits per heavy atom. The molecule has 138 valence electrons. The van der Waals surface area contributed by atoms with Crippen molar-refractivity contribution >= 4 is 26.8 Å². The first-order valence-electron chi connectivity index (χ1n) is 8.37. The number of H-pyrrole nitrogens is 1. The molecular formula is C18H27N3O3S. The number of fused-ring (bicyclic) bond motifs is 1. The SMILES string of the molecule is CC(C)(C)C(=O)NCCN(CCc1c[nH]c2ccccc12)S(C)(=O)=O. The van der Waals surface area contributed by atoms with Gasteiger partial charge in [0.15, 0.2) is 0 Å². The third-order valence-corrected chi connectivity index (χ3v) is 5.41. The first kappa shape index (κ1) is 19.5. The summed E-state index contributed by atoms with van der Waals surface area (Å²) in [6, 6.07) is 7.95. The van der Waals surface area contributed by atoms with Gasteiger partial charge < -0.3 is 10.3 Å². The molecule has 0 fully saturated rings. The molecule has 1 amide bonds. The van der Waals surface area contributed by atoms with Crippen LogP contribution in [0.3, 0.4) is 0 Å². The number of nitrogens with one attached hydrogen (secondary N) is 2. The molecule has 0 saturated carbocycles. The highest BCUT2D eigenvalue weighted by molar-refractivity contribution is 7.88. The minimum Gasteiger partial charge on any atom is -0.361 e. The summed E-state index contributed by atoms with van der Waals surface area (Å²) in [5.74, 6) is -0.0856. The number of rotatable bonds is 7. The first-order valence-corrected chi connectivity index (χ1v) is 10.2. The van der Waals surface area contributed by atoms with E-state index >= 15 is 0 Å². The minimum absolute atomic E-state index is 0.0856. The lowest BCUT2D eigenvalue weighted by Crippen LogP contribution is -2.42. The maximum absolute atomic E-state index is 12.0. The highest BCUT2D eigenvalue weighted by Gasteiger charge is 2.22. The smallest absolute Gasteiger partial charge is 0.225 e. The van der Waals surface area contributed by atoms with E-state index in [1.807, 2.05) is 51.2 Å². The number of hydrogen-bond acceptors (Lipinski definition) is 3.